The van der Waals surface area contributed by atoms with Gasteiger partial charge in [0.2, 0.25) is 5.95 Å². The second kappa shape index (κ2) is 10.6. The summed E-state index contributed by atoms with van der Waals surface area (Å²) in [6.07, 6.45) is 6.57. The minimum absolute atomic E-state index is 0.0532. The third-order valence-corrected chi connectivity index (χ3v) is 6.90. The molecule has 1 aliphatic carbocycles. The quantitative estimate of drug-likeness (QED) is 0.410. The number of ether oxygens (including phenoxy) is 3. The standard InChI is InChI=1S/C27H29ClN4O4/c1-17-24(26(33)36-21-6-4-3-5-7-21)25(32-27(31-17)29-16-30-32)19-10-13-22(23(14-19)34-2)35-15-18-8-11-20(28)12-9-18/h8-14,16,21,25H,3-7,15H2,1-2H3,(H,29,30,31). The summed E-state index contributed by atoms with van der Waals surface area (Å²) in [5.74, 6) is 1.38. The number of carbonyl (C=O) groups is 1. The van der Waals surface area contributed by atoms with E-state index in [-0.39, 0.29) is 12.1 Å². The first-order valence-electron chi connectivity index (χ1n) is 12.2. The molecule has 1 fully saturated rings. The molecule has 1 unspecified atom stereocenters. The fraction of sp³-hybridized carbons (Fsp3) is 0.370. The molecule has 5 rings (SSSR count). The van der Waals surface area contributed by atoms with Gasteiger partial charge in [0.15, 0.2) is 11.5 Å². The van der Waals surface area contributed by atoms with Gasteiger partial charge in [-0.15, -0.1) is 0 Å². The molecule has 3 aromatic rings. The number of methoxy groups -OCH3 is 1. The van der Waals surface area contributed by atoms with Crippen LogP contribution in [-0.4, -0.2) is 33.9 Å². The summed E-state index contributed by atoms with van der Waals surface area (Å²) in [4.78, 5) is 17.8. The topological polar surface area (TPSA) is 87.5 Å². The molecule has 0 saturated heterocycles. The van der Waals surface area contributed by atoms with Gasteiger partial charge in [0.25, 0.3) is 0 Å². The Kier molecular flexibility index (Phi) is 7.13. The van der Waals surface area contributed by atoms with E-state index in [9.17, 15) is 4.79 Å². The van der Waals surface area contributed by atoms with Crippen LogP contribution < -0.4 is 14.8 Å². The third-order valence-electron chi connectivity index (χ3n) is 6.65. The normalized spacial score (nSPS) is 17.8. The van der Waals surface area contributed by atoms with Crippen molar-refractivity contribution in [2.24, 2.45) is 0 Å². The highest BCUT2D eigenvalue weighted by Gasteiger charge is 2.36. The lowest BCUT2D eigenvalue weighted by atomic mass is 9.94. The van der Waals surface area contributed by atoms with Gasteiger partial charge in [-0.1, -0.05) is 36.2 Å². The zero-order valence-electron chi connectivity index (χ0n) is 20.4. The van der Waals surface area contributed by atoms with Crippen LogP contribution in [0, 0.1) is 0 Å². The van der Waals surface area contributed by atoms with E-state index in [1.807, 2.05) is 49.4 Å². The Labute approximate surface area is 215 Å². The zero-order chi connectivity index (χ0) is 25.1. The molecule has 0 radical (unpaired) electrons. The van der Waals surface area contributed by atoms with Crippen LogP contribution in [0.4, 0.5) is 5.95 Å². The van der Waals surface area contributed by atoms with Crippen molar-refractivity contribution in [2.75, 3.05) is 12.4 Å². The number of carbonyl (C=O) groups excluding carboxylic acids is 1. The van der Waals surface area contributed by atoms with E-state index in [0.717, 1.165) is 36.8 Å². The molecule has 2 aromatic carbocycles. The SMILES string of the molecule is COc1cc(C2C(C(=O)OC3CCCCC3)=C(C)Nc3ncnn32)ccc1OCc1ccc(Cl)cc1. The van der Waals surface area contributed by atoms with E-state index in [1.165, 1.54) is 12.7 Å². The summed E-state index contributed by atoms with van der Waals surface area (Å²) >= 11 is 5.98. The molecule has 2 heterocycles. The Morgan fingerprint density at radius 2 is 1.89 bits per heavy atom. The van der Waals surface area contributed by atoms with Crippen molar-refractivity contribution in [3.63, 3.8) is 0 Å². The minimum atomic E-state index is -0.515. The van der Waals surface area contributed by atoms with Crippen LogP contribution in [0.2, 0.25) is 5.02 Å². The first-order valence-corrected chi connectivity index (χ1v) is 12.5. The molecule has 9 heteroatoms. The van der Waals surface area contributed by atoms with Gasteiger partial charge in [-0.3, -0.25) is 0 Å². The Balaban J connectivity index is 1.43. The molecule has 36 heavy (non-hydrogen) atoms. The van der Waals surface area contributed by atoms with Gasteiger partial charge >= 0.3 is 5.97 Å². The molecule has 1 atom stereocenters. The highest BCUT2D eigenvalue weighted by molar-refractivity contribution is 6.30. The number of benzene rings is 2. The Morgan fingerprint density at radius 3 is 2.64 bits per heavy atom. The lowest BCUT2D eigenvalue weighted by molar-refractivity contribution is -0.146. The molecule has 0 amide bonds. The number of hydrogen-bond acceptors (Lipinski definition) is 7. The summed E-state index contributed by atoms with van der Waals surface area (Å²) in [6, 6.07) is 12.6. The molecular formula is C27H29ClN4O4. The van der Waals surface area contributed by atoms with E-state index in [4.69, 9.17) is 25.8 Å². The average Bonchev–Trinajstić information content (AvgIpc) is 3.36. The number of aromatic nitrogens is 3. The van der Waals surface area contributed by atoms with Crippen LogP contribution in [0.3, 0.4) is 0 Å². The second-order valence-corrected chi connectivity index (χ2v) is 9.52. The Morgan fingerprint density at radius 1 is 1.11 bits per heavy atom. The van der Waals surface area contributed by atoms with Crippen molar-refractivity contribution < 1.29 is 19.0 Å². The molecule has 1 aromatic heterocycles. The van der Waals surface area contributed by atoms with Crippen LogP contribution in [0.1, 0.15) is 56.2 Å². The minimum Gasteiger partial charge on any atom is -0.493 e. The summed E-state index contributed by atoms with van der Waals surface area (Å²) in [6.45, 7) is 2.23. The smallest absolute Gasteiger partial charge is 0.338 e. The molecule has 8 nitrogen and oxygen atoms in total. The highest BCUT2D eigenvalue weighted by Crippen LogP contribution is 2.39. The van der Waals surface area contributed by atoms with Crippen LogP contribution in [-0.2, 0) is 16.1 Å². The lowest BCUT2D eigenvalue weighted by Crippen LogP contribution is -2.32. The van der Waals surface area contributed by atoms with Crippen LogP contribution >= 0.6 is 11.6 Å². The van der Waals surface area contributed by atoms with E-state index in [1.54, 1.807) is 11.8 Å². The predicted octanol–water partition coefficient (Wildman–Crippen LogP) is 5.68. The number of allylic oxidation sites excluding steroid dienone is 1. The predicted molar refractivity (Wildman–Crippen MR) is 136 cm³/mol. The van der Waals surface area contributed by atoms with E-state index in [2.05, 4.69) is 15.4 Å². The maximum Gasteiger partial charge on any atom is 0.338 e. The largest absolute Gasteiger partial charge is 0.493 e. The van der Waals surface area contributed by atoms with Gasteiger partial charge in [0.1, 0.15) is 25.1 Å². The zero-order valence-corrected chi connectivity index (χ0v) is 21.1. The number of rotatable bonds is 7. The van der Waals surface area contributed by atoms with Crippen molar-refractivity contribution in [1.82, 2.24) is 14.8 Å². The Bertz CT molecular complexity index is 1270. The summed E-state index contributed by atoms with van der Waals surface area (Å²) in [7, 11) is 1.59. The van der Waals surface area contributed by atoms with Crippen molar-refractivity contribution >= 4 is 23.5 Å². The van der Waals surface area contributed by atoms with Crippen LogP contribution in [0.5, 0.6) is 11.5 Å². The number of nitrogens with zero attached hydrogens (tertiary/aromatic N) is 3. The molecule has 1 aliphatic heterocycles. The number of hydrogen-bond donors (Lipinski definition) is 1. The monoisotopic (exact) mass is 508 g/mol. The van der Waals surface area contributed by atoms with E-state index < -0.39 is 6.04 Å². The number of esters is 1. The van der Waals surface area contributed by atoms with E-state index in [0.29, 0.717) is 40.3 Å². The highest BCUT2D eigenvalue weighted by atomic mass is 35.5. The van der Waals surface area contributed by atoms with Crippen molar-refractivity contribution in [1.29, 1.82) is 0 Å². The lowest BCUT2D eigenvalue weighted by Gasteiger charge is -2.30. The van der Waals surface area contributed by atoms with Crippen molar-refractivity contribution in [3.05, 3.63) is 76.2 Å². The number of nitrogens with one attached hydrogen (secondary N) is 1. The summed E-state index contributed by atoms with van der Waals surface area (Å²) in [5.41, 5.74) is 3.01. The summed E-state index contributed by atoms with van der Waals surface area (Å²) in [5, 5.41) is 8.28. The van der Waals surface area contributed by atoms with Gasteiger partial charge in [0, 0.05) is 10.7 Å². The molecule has 1 saturated carbocycles. The van der Waals surface area contributed by atoms with Gasteiger partial charge < -0.3 is 19.5 Å². The third kappa shape index (κ3) is 5.04. The summed E-state index contributed by atoms with van der Waals surface area (Å²) < 4.78 is 19.3. The van der Waals surface area contributed by atoms with E-state index >= 15 is 0 Å². The average molecular weight is 509 g/mol. The first-order chi connectivity index (χ1) is 17.5. The number of halogens is 1. The van der Waals surface area contributed by atoms with Crippen LogP contribution in [0.25, 0.3) is 0 Å². The fourth-order valence-electron chi connectivity index (χ4n) is 4.78. The molecule has 2 aliphatic rings. The maximum atomic E-state index is 13.4. The molecule has 188 valence electrons. The molecular weight excluding hydrogens is 480 g/mol. The second-order valence-electron chi connectivity index (χ2n) is 9.09. The van der Waals surface area contributed by atoms with Crippen molar-refractivity contribution in [3.8, 4) is 11.5 Å². The van der Waals surface area contributed by atoms with Gasteiger partial charge in [-0.05, 0) is 68.0 Å². The van der Waals surface area contributed by atoms with Gasteiger partial charge in [0.05, 0.1) is 12.7 Å². The molecule has 0 bridgehead atoms. The number of anilines is 1. The molecule has 1 N–H and O–H groups in total. The van der Waals surface area contributed by atoms with Crippen LogP contribution in [0.15, 0.2) is 60.1 Å². The first kappa shape index (κ1) is 24.2. The van der Waals surface area contributed by atoms with Gasteiger partial charge in [-0.2, -0.15) is 10.1 Å². The van der Waals surface area contributed by atoms with Crippen molar-refractivity contribution in [2.45, 2.75) is 57.8 Å². The number of fused-ring (bicyclic) bond motifs is 1. The fourth-order valence-corrected chi connectivity index (χ4v) is 4.90. The Hall–Kier alpha value is -3.52. The van der Waals surface area contributed by atoms with Gasteiger partial charge in [-0.25, -0.2) is 9.48 Å². The molecule has 0 spiro atoms. The maximum absolute atomic E-state index is 13.4.